The lowest BCUT2D eigenvalue weighted by atomic mass is 10.1. The zero-order valence-electron chi connectivity index (χ0n) is 13.1. The summed E-state index contributed by atoms with van der Waals surface area (Å²) < 4.78 is 10.8. The molecule has 2 aromatic rings. The molecule has 0 bridgehead atoms. The summed E-state index contributed by atoms with van der Waals surface area (Å²) in [6.45, 7) is 3.70. The summed E-state index contributed by atoms with van der Waals surface area (Å²) in [6, 6.07) is 4.40. The number of aromatic nitrogens is 1. The van der Waals surface area contributed by atoms with Gasteiger partial charge in [-0.1, -0.05) is 0 Å². The maximum Gasteiger partial charge on any atom is 0.347 e. The Bertz CT molecular complexity index is 837. The van der Waals surface area contributed by atoms with Crippen LogP contribution in [0.2, 0.25) is 0 Å². The molecular formula is C16H17NO6. The summed E-state index contributed by atoms with van der Waals surface area (Å²) in [4.78, 5) is 36.1. The fourth-order valence-electron chi connectivity index (χ4n) is 2.39. The van der Waals surface area contributed by atoms with E-state index in [-0.39, 0.29) is 17.6 Å². The van der Waals surface area contributed by atoms with E-state index >= 15 is 0 Å². The molecule has 0 fully saturated rings. The van der Waals surface area contributed by atoms with E-state index in [1.165, 1.54) is 29.9 Å². The van der Waals surface area contributed by atoms with E-state index in [2.05, 4.69) is 4.74 Å². The van der Waals surface area contributed by atoms with Crippen LogP contribution in [0, 0.1) is 0 Å². The molecule has 0 aliphatic carbocycles. The third kappa shape index (κ3) is 2.77. The number of aryl methyl sites for hydroxylation is 1. The van der Waals surface area contributed by atoms with E-state index < -0.39 is 28.8 Å². The highest BCUT2D eigenvalue weighted by Gasteiger charge is 2.23. The monoisotopic (exact) mass is 319 g/mol. The van der Waals surface area contributed by atoms with Crippen LogP contribution in [0.3, 0.4) is 0 Å². The number of pyridine rings is 1. The second kappa shape index (κ2) is 6.51. The van der Waals surface area contributed by atoms with Gasteiger partial charge in [0.25, 0.3) is 5.56 Å². The van der Waals surface area contributed by atoms with Crippen molar-refractivity contribution in [2.45, 2.75) is 20.4 Å². The lowest BCUT2D eigenvalue weighted by molar-refractivity contribution is 0.0519. The van der Waals surface area contributed by atoms with E-state index in [0.29, 0.717) is 12.1 Å². The highest BCUT2D eigenvalue weighted by atomic mass is 16.5. The van der Waals surface area contributed by atoms with E-state index in [1.807, 2.05) is 0 Å². The minimum Gasteiger partial charge on any atom is -0.506 e. The first-order valence-corrected chi connectivity index (χ1v) is 7.11. The lowest BCUT2D eigenvalue weighted by Gasteiger charge is -2.13. The number of rotatable bonds is 4. The van der Waals surface area contributed by atoms with Gasteiger partial charge in [0.1, 0.15) is 5.75 Å². The third-order valence-corrected chi connectivity index (χ3v) is 3.46. The zero-order valence-corrected chi connectivity index (χ0v) is 13.1. The molecule has 0 aliphatic rings. The number of hydrogen-bond donors (Lipinski definition) is 1. The number of esters is 2. The Morgan fingerprint density at radius 2 is 1.91 bits per heavy atom. The quantitative estimate of drug-likeness (QED) is 0.862. The first-order chi connectivity index (χ1) is 11.0. The summed E-state index contributed by atoms with van der Waals surface area (Å²) in [5.41, 5.74) is -0.466. The number of aromatic hydroxyl groups is 1. The number of benzene rings is 1. The number of carbonyl (C=O) groups excluding carboxylic acids is 2. The highest BCUT2D eigenvalue weighted by molar-refractivity contribution is 6.02. The smallest absolute Gasteiger partial charge is 0.347 e. The number of carbonyl (C=O) groups is 2. The third-order valence-electron chi connectivity index (χ3n) is 3.46. The van der Waals surface area contributed by atoms with Gasteiger partial charge in [-0.25, -0.2) is 9.59 Å². The molecule has 0 radical (unpaired) electrons. The molecule has 0 aliphatic heterocycles. The summed E-state index contributed by atoms with van der Waals surface area (Å²) in [5, 5.41) is 10.6. The molecule has 0 saturated carbocycles. The fraction of sp³-hybridized carbons (Fsp3) is 0.312. The minimum absolute atomic E-state index is 0.0735. The Balaban J connectivity index is 2.85. The second-order valence-corrected chi connectivity index (χ2v) is 4.72. The molecule has 0 atom stereocenters. The molecule has 122 valence electrons. The molecule has 0 spiro atoms. The summed E-state index contributed by atoms with van der Waals surface area (Å²) in [7, 11) is 1.24. The molecule has 0 amide bonds. The Morgan fingerprint density at radius 1 is 1.22 bits per heavy atom. The predicted octanol–water partition coefficient (Wildman–Crippen LogP) is 1.69. The van der Waals surface area contributed by atoms with Crippen molar-refractivity contribution in [3.63, 3.8) is 0 Å². The van der Waals surface area contributed by atoms with Crippen LogP contribution in [0.15, 0.2) is 23.0 Å². The topological polar surface area (TPSA) is 94.8 Å². The fourth-order valence-corrected chi connectivity index (χ4v) is 2.39. The summed E-state index contributed by atoms with van der Waals surface area (Å²) >= 11 is 0. The molecule has 1 aromatic heterocycles. The van der Waals surface area contributed by atoms with Crippen LogP contribution < -0.4 is 5.56 Å². The van der Waals surface area contributed by atoms with Crippen LogP contribution >= 0.6 is 0 Å². The van der Waals surface area contributed by atoms with Crippen molar-refractivity contribution in [2.75, 3.05) is 13.7 Å². The maximum atomic E-state index is 12.4. The van der Waals surface area contributed by atoms with Crippen molar-refractivity contribution in [2.24, 2.45) is 0 Å². The van der Waals surface area contributed by atoms with Gasteiger partial charge in [-0.3, -0.25) is 4.79 Å². The zero-order chi connectivity index (χ0) is 17.1. The number of nitrogens with zero attached hydrogens (tertiary/aromatic N) is 1. The average molecular weight is 319 g/mol. The van der Waals surface area contributed by atoms with Gasteiger partial charge in [0.05, 0.1) is 24.8 Å². The van der Waals surface area contributed by atoms with Gasteiger partial charge in [-0.05, 0) is 32.0 Å². The van der Waals surface area contributed by atoms with Crippen LogP contribution in [0.1, 0.15) is 34.6 Å². The molecule has 1 N–H and O–H groups in total. The molecule has 7 nitrogen and oxygen atoms in total. The van der Waals surface area contributed by atoms with Gasteiger partial charge >= 0.3 is 11.9 Å². The van der Waals surface area contributed by atoms with Crippen LogP contribution in [0.4, 0.5) is 0 Å². The summed E-state index contributed by atoms with van der Waals surface area (Å²) in [5.74, 6) is -1.99. The normalized spacial score (nSPS) is 10.6. The van der Waals surface area contributed by atoms with Crippen LogP contribution in [0.5, 0.6) is 5.75 Å². The number of ether oxygens (including phenoxy) is 2. The van der Waals surface area contributed by atoms with Crippen molar-refractivity contribution in [3.8, 4) is 5.75 Å². The van der Waals surface area contributed by atoms with Gasteiger partial charge in [-0.2, -0.15) is 0 Å². The van der Waals surface area contributed by atoms with E-state index in [1.54, 1.807) is 13.8 Å². The Labute approximate surface area is 132 Å². The van der Waals surface area contributed by atoms with Crippen molar-refractivity contribution >= 4 is 22.8 Å². The number of methoxy groups -OCH3 is 1. The molecular weight excluding hydrogens is 302 g/mol. The van der Waals surface area contributed by atoms with Gasteiger partial charge in [0.2, 0.25) is 0 Å². The molecule has 0 saturated heterocycles. The Hall–Kier alpha value is -2.83. The van der Waals surface area contributed by atoms with E-state index in [9.17, 15) is 19.5 Å². The molecule has 2 rings (SSSR count). The molecule has 23 heavy (non-hydrogen) atoms. The van der Waals surface area contributed by atoms with E-state index in [0.717, 1.165) is 0 Å². The largest absolute Gasteiger partial charge is 0.506 e. The molecule has 7 heteroatoms. The molecule has 1 heterocycles. The van der Waals surface area contributed by atoms with Gasteiger partial charge < -0.3 is 19.1 Å². The Morgan fingerprint density at radius 3 is 2.48 bits per heavy atom. The van der Waals surface area contributed by atoms with Crippen molar-refractivity contribution in [1.82, 2.24) is 4.57 Å². The summed E-state index contributed by atoms with van der Waals surface area (Å²) in [6.07, 6.45) is 0. The first-order valence-electron chi connectivity index (χ1n) is 7.11. The Kier molecular flexibility index (Phi) is 4.68. The van der Waals surface area contributed by atoms with Crippen LogP contribution in [-0.4, -0.2) is 35.3 Å². The highest BCUT2D eigenvalue weighted by Crippen LogP contribution is 2.28. The van der Waals surface area contributed by atoms with Gasteiger partial charge in [0.15, 0.2) is 5.56 Å². The van der Waals surface area contributed by atoms with Gasteiger partial charge in [0, 0.05) is 11.9 Å². The predicted molar refractivity (Wildman–Crippen MR) is 82.8 cm³/mol. The van der Waals surface area contributed by atoms with Crippen molar-refractivity contribution in [1.29, 1.82) is 0 Å². The molecule has 0 unspecified atom stereocenters. The molecule has 1 aromatic carbocycles. The van der Waals surface area contributed by atoms with Crippen molar-refractivity contribution < 1.29 is 24.2 Å². The average Bonchev–Trinajstić information content (AvgIpc) is 2.54. The standard InChI is InChI=1S/C16H17NO6/c1-4-17-11-7-6-9(15(20)22-3)8-10(11)13(18)12(14(17)19)16(21)23-5-2/h6-8,18H,4-5H2,1-3H3. The number of hydrogen-bond acceptors (Lipinski definition) is 6. The second-order valence-electron chi connectivity index (χ2n) is 4.72. The van der Waals surface area contributed by atoms with Crippen LogP contribution in [0.25, 0.3) is 10.9 Å². The van der Waals surface area contributed by atoms with Crippen molar-refractivity contribution in [3.05, 3.63) is 39.7 Å². The first kappa shape index (κ1) is 16.5. The maximum absolute atomic E-state index is 12.4. The van der Waals surface area contributed by atoms with E-state index in [4.69, 9.17) is 4.74 Å². The number of fused-ring (bicyclic) bond motifs is 1. The van der Waals surface area contributed by atoms with Crippen LogP contribution in [-0.2, 0) is 16.0 Å². The van der Waals surface area contributed by atoms with Gasteiger partial charge in [-0.15, -0.1) is 0 Å². The minimum atomic E-state index is -0.900. The lowest BCUT2D eigenvalue weighted by Crippen LogP contribution is -2.27. The SMILES string of the molecule is CCOC(=O)c1c(O)c2cc(C(=O)OC)ccc2n(CC)c1=O.